The Morgan fingerprint density at radius 3 is 2.50 bits per heavy atom. The number of hydrogen-bond acceptors (Lipinski definition) is 2. The lowest BCUT2D eigenvalue weighted by Gasteiger charge is -2.28. The van der Waals surface area contributed by atoms with Crippen LogP contribution in [0, 0.1) is 0 Å². The summed E-state index contributed by atoms with van der Waals surface area (Å²) in [7, 11) is 2.21. The molecule has 0 aliphatic carbocycles. The fourth-order valence-electron chi connectivity index (χ4n) is 4.62. The minimum absolute atomic E-state index is 0.587. The summed E-state index contributed by atoms with van der Waals surface area (Å²) >= 11 is 5.67. The molecule has 32 heavy (non-hydrogen) atoms. The summed E-state index contributed by atoms with van der Waals surface area (Å²) in [5.74, 6) is 0.609. The Kier molecular flexibility index (Phi) is 5.93. The van der Waals surface area contributed by atoms with Crippen molar-refractivity contribution in [3.05, 3.63) is 84.6 Å². The fraction of sp³-hybridized carbons (Fsp3) is 0.222. The molecule has 5 heteroatoms. The van der Waals surface area contributed by atoms with E-state index in [0.29, 0.717) is 11.0 Å². The number of aromatic amines is 1. The molecule has 2 heterocycles. The van der Waals surface area contributed by atoms with Gasteiger partial charge in [0.25, 0.3) is 0 Å². The van der Waals surface area contributed by atoms with Gasteiger partial charge >= 0.3 is 0 Å². The van der Waals surface area contributed by atoms with Crippen LogP contribution in [-0.2, 0) is 0 Å². The van der Waals surface area contributed by atoms with E-state index in [2.05, 4.69) is 88.4 Å². The number of nitrogens with one attached hydrogen (secondary N) is 3. The largest absolute Gasteiger partial charge is 0.361 e. The van der Waals surface area contributed by atoms with Crippen molar-refractivity contribution in [1.29, 1.82) is 0 Å². The highest BCUT2D eigenvalue weighted by Gasteiger charge is 2.21. The van der Waals surface area contributed by atoms with E-state index >= 15 is 0 Å². The van der Waals surface area contributed by atoms with Gasteiger partial charge < -0.3 is 20.5 Å². The third-order valence-electron chi connectivity index (χ3n) is 6.39. The maximum atomic E-state index is 5.67. The van der Waals surface area contributed by atoms with Gasteiger partial charge in [-0.05, 0) is 86.5 Å². The van der Waals surface area contributed by atoms with E-state index in [1.807, 2.05) is 18.2 Å². The zero-order chi connectivity index (χ0) is 21.9. The molecule has 0 amide bonds. The van der Waals surface area contributed by atoms with E-state index in [1.165, 1.54) is 29.3 Å². The van der Waals surface area contributed by atoms with E-state index < -0.39 is 0 Å². The number of H-pyrrole nitrogens is 1. The van der Waals surface area contributed by atoms with Crippen LogP contribution < -0.4 is 10.6 Å². The van der Waals surface area contributed by atoms with E-state index in [9.17, 15) is 0 Å². The SMILES string of the molecule is CN1CCC(c2c[nH]c3ccc(NC(=S)Nc4ccccc4-c4ccccc4)cc23)CC1. The van der Waals surface area contributed by atoms with Crippen LogP contribution in [0.15, 0.2) is 79.0 Å². The van der Waals surface area contributed by atoms with Gasteiger partial charge in [-0.1, -0.05) is 48.5 Å². The van der Waals surface area contributed by atoms with Crippen molar-refractivity contribution in [1.82, 2.24) is 9.88 Å². The lowest BCUT2D eigenvalue weighted by Crippen LogP contribution is -2.29. The van der Waals surface area contributed by atoms with Crippen LogP contribution >= 0.6 is 12.2 Å². The minimum Gasteiger partial charge on any atom is -0.361 e. The van der Waals surface area contributed by atoms with Crippen molar-refractivity contribution in [2.75, 3.05) is 30.8 Å². The van der Waals surface area contributed by atoms with E-state index in [4.69, 9.17) is 12.2 Å². The lowest BCUT2D eigenvalue weighted by molar-refractivity contribution is 0.256. The first-order valence-corrected chi connectivity index (χ1v) is 11.6. The molecule has 0 spiro atoms. The normalized spacial score (nSPS) is 15.0. The molecule has 4 nitrogen and oxygen atoms in total. The molecule has 1 saturated heterocycles. The molecule has 1 aliphatic heterocycles. The lowest BCUT2D eigenvalue weighted by atomic mass is 9.89. The van der Waals surface area contributed by atoms with E-state index in [-0.39, 0.29) is 0 Å². The maximum Gasteiger partial charge on any atom is 0.175 e. The molecular weight excluding hydrogens is 412 g/mol. The number of piperidine rings is 1. The molecule has 1 aliphatic rings. The zero-order valence-corrected chi connectivity index (χ0v) is 19.1. The fourth-order valence-corrected chi connectivity index (χ4v) is 4.85. The number of rotatable bonds is 4. The average Bonchev–Trinajstić information content (AvgIpc) is 3.24. The summed E-state index contributed by atoms with van der Waals surface area (Å²) in [5, 5.41) is 8.65. The second-order valence-electron chi connectivity index (χ2n) is 8.57. The van der Waals surface area contributed by atoms with Crippen LogP contribution in [0.1, 0.15) is 24.3 Å². The highest BCUT2D eigenvalue weighted by Crippen LogP contribution is 2.34. The van der Waals surface area contributed by atoms with Gasteiger partial charge in [0.1, 0.15) is 0 Å². The number of fused-ring (bicyclic) bond motifs is 1. The summed E-state index contributed by atoms with van der Waals surface area (Å²) in [5.41, 5.74) is 6.88. The molecule has 0 saturated carbocycles. The van der Waals surface area contributed by atoms with Gasteiger partial charge in [0.05, 0.1) is 0 Å². The molecule has 1 aromatic heterocycles. The minimum atomic E-state index is 0.587. The molecule has 0 radical (unpaired) electrons. The van der Waals surface area contributed by atoms with Crippen LogP contribution in [0.3, 0.4) is 0 Å². The number of likely N-dealkylation sites (tertiary alicyclic amines) is 1. The molecule has 4 aromatic rings. The van der Waals surface area contributed by atoms with Gasteiger partial charge in [0, 0.05) is 34.0 Å². The smallest absolute Gasteiger partial charge is 0.175 e. The van der Waals surface area contributed by atoms with Crippen molar-refractivity contribution in [3.63, 3.8) is 0 Å². The molecule has 0 unspecified atom stereocenters. The predicted molar refractivity (Wildman–Crippen MR) is 139 cm³/mol. The van der Waals surface area contributed by atoms with Gasteiger partial charge in [-0.2, -0.15) is 0 Å². The molecule has 3 aromatic carbocycles. The quantitative estimate of drug-likeness (QED) is 0.319. The first-order valence-electron chi connectivity index (χ1n) is 11.2. The Bertz CT molecular complexity index is 1220. The topological polar surface area (TPSA) is 43.1 Å². The van der Waals surface area contributed by atoms with Crippen LogP contribution in [-0.4, -0.2) is 35.1 Å². The Hall–Kier alpha value is -3.15. The summed E-state index contributed by atoms with van der Waals surface area (Å²) in [6, 6.07) is 25.0. The number of benzene rings is 3. The molecule has 162 valence electrons. The molecule has 0 atom stereocenters. The van der Waals surface area contributed by atoms with Crippen LogP contribution in [0.2, 0.25) is 0 Å². The first-order chi connectivity index (χ1) is 15.7. The van der Waals surface area contributed by atoms with Crippen LogP contribution in [0.5, 0.6) is 0 Å². The van der Waals surface area contributed by atoms with Crippen LogP contribution in [0.4, 0.5) is 11.4 Å². The number of thiocarbonyl (C=S) groups is 1. The van der Waals surface area contributed by atoms with Crippen LogP contribution in [0.25, 0.3) is 22.0 Å². The third-order valence-corrected chi connectivity index (χ3v) is 6.59. The van der Waals surface area contributed by atoms with Gasteiger partial charge in [-0.3, -0.25) is 0 Å². The van der Waals surface area contributed by atoms with Gasteiger partial charge in [0.15, 0.2) is 5.11 Å². The molecule has 3 N–H and O–H groups in total. The van der Waals surface area contributed by atoms with Crippen molar-refractivity contribution in [3.8, 4) is 11.1 Å². The number of hydrogen-bond donors (Lipinski definition) is 3. The summed E-state index contributed by atoms with van der Waals surface area (Å²) in [4.78, 5) is 5.87. The van der Waals surface area contributed by atoms with Crippen molar-refractivity contribution in [2.45, 2.75) is 18.8 Å². The maximum absolute atomic E-state index is 5.67. The predicted octanol–water partition coefficient (Wildman–Crippen LogP) is 6.45. The molecule has 1 fully saturated rings. The van der Waals surface area contributed by atoms with Crippen molar-refractivity contribution >= 4 is 39.6 Å². The highest BCUT2D eigenvalue weighted by molar-refractivity contribution is 7.80. The van der Waals surface area contributed by atoms with Crippen molar-refractivity contribution in [2.24, 2.45) is 0 Å². The first kappa shape index (κ1) is 20.7. The Morgan fingerprint density at radius 1 is 0.938 bits per heavy atom. The van der Waals surface area contributed by atoms with Gasteiger partial charge in [-0.15, -0.1) is 0 Å². The van der Waals surface area contributed by atoms with Gasteiger partial charge in [0.2, 0.25) is 0 Å². The number of nitrogens with zero attached hydrogens (tertiary/aromatic N) is 1. The second kappa shape index (κ2) is 9.15. The summed E-state index contributed by atoms with van der Waals surface area (Å²) in [6.07, 6.45) is 4.60. The standard InChI is InChI=1S/C27H28N4S/c1-31-15-13-20(14-16-31)24-18-28-25-12-11-21(17-23(24)25)29-27(32)30-26-10-6-5-9-22(26)19-7-3-2-4-8-19/h2-12,17-18,20,28H,13-16H2,1H3,(H2,29,30,32). The molecule has 5 rings (SSSR count). The number of para-hydroxylation sites is 1. The monoisotopic (exact) mass is 440 g/mol. The highest BCUT2D eigenvalue weighted by atomic mass is 32.1. The van der Waals surface area contributed by atoms with Crippen molar-refractivity contribution < 1.29 is 0 Å². The second-order valence-corrected chi connectivity index (χ2v) is 8.98. The Morgan fingerprint density at radius 2 is 1.69 bits per heavy atom. The van der Waals surface area contributed by atoms with E-state index in [0.717, 1.165) is 35.6 Å². The number of anilines is 2. The number of aromatic nitrogens is 1. The van der Waals surface area contributed by atoms with Gasteiger partial charge in [-0.25, -0.2) is 0 Å². The molecular formula is C27H28N4S. The Labute approximate surface area is 194 Å². The summed E-state index contributed by atoms with van der Waals surface area (Å²) in [6.45, 7) is 2.31. The Balaban J connectivity index is 1.34. The molecule has 0 bridgehead atoms. The average molecular weight is 441 g/mol. The zero-order valence-electron chi connectivity index (χ0n) is 18.3. The van der Waals surface area contributed by atoms with E-state index in [1.54, 1.807) is 0 Å². The third kappa shape index (κ3) is 4.40. The summed E-state index contributed by atoms with van der Waals surface area (Å²) < 4.78 is 0.